The van der Waals surface area contributed by atoms with Crippen molar-refractivity contribution in [3.63, 3.8) is 0 Å². The van der Waals surface area contributed by atoms with Crippen molar-refractivity contribution in [2.45, 2.75) is 13.5 Å². The van der Waals surface area contributed by atoms with Gasteiger partial charge in [-0.3, -0.25) is 14.2 Å². The molecule has 0 fully saturated rings. The minimum atomic E-state index is -0.534. The molecule has 0 bridgehead atoms. The summed E-state index contributed by atoms with van der Waals surface area (Å²) in [5, 5.41) is 0.664. The second-order valence-electron chi connectivity index (χ2n) is 3.86. The number of carbonyl (C=O) groups is 1. The van der Waals surface area contributed by atoms with Gasteiger partial charge in [-0.25, -0.2) is 4.39 Å². The number of nitrogens with zero attached hydrogens (tertiary/aromatic N) is 1. The predicted octanol–water partition coefficient (Wildman–Crippen LogP) is 2.47. The molecule has 2 aromatic rings. The van der Waals surface area contributed by atoms with Crippen LogP contribution in [0.2, 0.25) is 0 Å². The highest BCUT2D eigenvalue weighted by molar-refractivity contribution is 9.10. The van der Waals surface area contributed by atoms with Crippen molar-refractivity contribution in [3.05, 3.63) is 44.9 Å². The summed E-state index contributed by atoms with van der Waals surface area (Å²) >= 11 is 3.11. The summed E-state index contributed by atoms with van der Waals surface area (Å²) in [7, 11) is 0. The molecule has 0 saturated heterocycles. The number of hydrogen-bond donors (Lipinski definition) is 0. The van der Waals surface area contributed by atoms with Gasteiger partial charge in [-0.2, -0.15) is 0 Å². The molecule has 0 aliphatic heterocycles. The Hall–Kier alpha value is -1.69. The number of benzene rings is 1. The first-order chi connectivity index (χ1) is 9.04. The van der Waals surface area contributed by atoms with E-state index in [0.29, 0.717) is 10.9 Å². The number of carbonyl (C=O) groups excluding carboxylic acids is 1. The van der Waals surface area contributed by atoms with Crippen LogP contribution in [-0.2, 0) is 16.1 Å². The predicted molar refractivity (Wildman–Crippen MR) is 72.5 cm³/mol. The topological polar surface area (TPSA) is 48.3 Å². The highest BCUT2D eigenvalue weighted by Crippen LogP contribution is 2.25. The maximum absolute atomic E-state index is 13.6. The Morgan fingerprint density at radius 2 is 2.05 bits per heavy atom. The quantitative estimate of drug-likeness (QED) is 0.814. The summed E-state index contributed by atoms with van der Waals surface area (Å²) in [6.45, 7) is 1.67. The van der Waals surface area contributed by atoms with Crippen molar-refractivity contribution in [3.8, 4) is 0 Å². The zero-order valence-corrected chi connectivity index (χ0v) is 11.7. The number of fused-ring (bicyclic) bond motifs is 1. The van der Waals surface area contributed by atoms with Gasteiger partial charge in [0.25, 0.3) is 5.56 Å². The molecule has 0 amide bonds. The zero-order valence-electron chi connectivity index (χ0n) is 10.2. The normalized spacial score (nSPS) is 10.7. The molecular weight excluding hydrogens is 317 g/mol. The van der Waals surface area contributed by atoms with Gasteiger partial charge in [-0.05, 0) is 46.4 Å². The van der Waals surface area contributed by atoms with E-state index in [1.807, 2.05) is 0 Å². The molecule has 1 aromatic carbocycles. The van der Waals surface area contributed by atoms with Gasteiger partial charge in [0.2, 0.25) is 0 Å². The lowest BCUT2D eigenvalue weighted by molar-refractivity contribution is -0.143. The Morgan fingerprint density at radius 3 is 2.74 bits per heavy atom. The largest absolute Gasteiger partial charge is 0.465 e. The maximum atomic E-state index is 13.6. The van der Waals surface area contributed by atoms with E-state index in [0.717, 1.165) is 0 Å². The van der Waals surface area contributed by atoms with Crippen LogP contribution in [0.15, 0.2) is 33.5 Å². The molecule has 1 heterocycles. The monoisotopic (exact) mass is 327 g/mol. The average Bonchev–Trinajstić information content (AvgIpc) is 2.37. The van der Waals surface area contributed by atoms with Crippen LogP contribution in [0.25, 0.3) is 10.9 Å². The van der Waals surface area contributed by atoms with E-state index in [1.165, 1.54) is 16.7 Å². The Balaban J connectivity index is 2.64. The Morgan fingerprint density at radius 1 is 1.37 bits per heavy atom. The van der Waals surface area contributed by atoms with Gasteiger partial charge in [-0.15, -0.1) is 0 Å². The van der Waals surface area contributed by atoms with Crippen molar-refractivity contribution >= 4 is 32.8 Å². The molecule has 0 radical (unpaired) electrons. The van der Waals surface area contributed by atoms with Crippen molar-refractivity contribution in [1.82, 2.24) is 4.57 Å². The second-order valence-corrected chi connectivity index (χ2v) is 4.65. The van der Waals surface area contributed by atoms with Crippen LogP contribution in [0.1, 0.15) is 6.92 Å². The maximum Gasteiger partial charge on any atom is 0.326 e. The van der Waals surface area contributed by atoms with E-state index in [1.54, 1.807) is 19.1 Å². The van der Waals surface area contributed by atoms with Crippen LogP contribution in [0, 0.1) is 5.82 Å². The van der Waals surface area contributed by atoms with Gasteiger partial charge < -0.3 is 4.74 Å². The lowest BCUT2D eigenvalue weighted by Gasteiger charge is -2.11. The Kier molecular flexibility index (Phi) is 3.99. The molecular formula is C13H11BrFNO3. The average molecular weight is 328 g/mol. The van der Waals surface area contributed by atoms with E-state index in [2.05, 4.69) is 15.9 Å². The number of aromatic nitrogens is 1. The van der Waals surface area contributed by atoms with E-state index in [4.69, 9.17) is 4.74 Å². The summed E-state index contributed by atoms with van der Waals surface area (Å²) in [6, 6.07) is 5.78. The van der Waals surface area contributed by atoms with Crippen molar-refractivity contribution in [2.24, 2.45) is 0 Å². The fourth-order valence-corrected chi connectivity index (χ4v) is 2.39. The van der Waals surface area contributed by atoms with Gasteiger partial charge >= 0.3 is 5.97 Å². The Bertz CT molecular complexity index is 696. The molecule has 0 atom stereocenters. The highest BCUT2D eigenvalue weighted by atomic mass is 79.9. The summed E-state index contributed by atoms with van der Waals surface area (Å²) in [5.41, 5.74) is -0.0348. The number of halogens is 2. The molecule has 0 N–H and O–H groups in total. The fraction of sp³-hybridized carbons (Fsp3) is 0.231. The summed E-state index contributed by atoms with van der Waals surface area (Å²) in [4.78, 5) is 23.4. The third-order valence-electron chi connectivity index (χ3n) is 2.63. The number of esters is 1. The van der Waals surface area contributed by atoms with E-state index < -0.39 is 11.8 Å². The summed E-state index contributed by atoms with van der Waals surface area (Å²) < 4.78 is 19.7. The molecule has 0 saturated carbocycles. The van der Waals surface area contributed by atoms with Crippen LogP contribution >= 0.6 is 15.9 Å². The molecule has 2 rings (SSSR count). The van der Waals surface area contributed by atoms with Gasteiger partial charge in [0.05, 0.1) is 16.6 Å². The SMILES string of the molecule is CCOC(=O)Cn1c(=O)ccc2ccc(F)c(Br)c21. The minimum Gasteiger partial charge on any atom is -0.465 e. The van der Waals surface area contributed by atoms with Gasteiger partial charge in [0.15, 0.2) is 0 Å². The van der Waals surface area contributed by atoms with Gasteiger partial charge in [-0.1, -0.05) is 0 Å². The highest BCUT2D eigenvalue weighted by Gasteiger charge is 2.13. The Labute approximate surface area is 116 Å². The van der Waals surface area contributed by atoms with E-state index in [-0.39, 0.29) is 23.2 Å². The molecule has 1 aromatic heterocycles. The first-order valence-corrected chi connectivity index (χ1v) is 6.47. The van der Waals surface area contributed by atoms with Gasteiger partial charge in [0.1, 0.15) is 12.4 Å². The number of hydrogen-bond acceptors (Lipinski definition) is 3. The molecule has 0 spiro atoms. The molecule has 6 heteroatoms. The summed E-state index contributed by atoms with van der Waals surface area (Å²) in [6.07, 6.45) is 0. The standard InChI is InChI=1S/C13H11BrFNO3/c1-2-19-11(18)7-16-10(17)6-4-8-3-5-9(15)12(14)13(8)16/h3-6H,2,7H2,1H3. The van der Waals surface area contributed by atoms with Crippen LogP contribution in [0.3, 0.4) is 0 Å². The smallest absolute Gasteiger partial charge is 0.326 e. The second kappa shape index (κ2) is 5.52. The molecule has 0 unspecified atom stereocenters. The van der Waals surface area contributed by atoms with E-state index >= 15 is 0 Å². The number of pyridine rings is 1. The molecule has 0 aliphatic rings. The third-order valence-corrected chi connectivity index (χ3v) is 3.39. The molecule has 100 valence electrons. The lowest BCUT2D eigenvalue weighted by Crippen LogP contribution is -2.25. The van der Waals surface area contributed by atoms with Crippen molar-refractivity contribution in [2.75, 3.05) is 6.61 Å². The van der Waals surface area contributed by atoms with Gasteiger partial charge in [0, 0.05) is 6.07 Å². The van der Waals surface area contributed by atoms with Crippen molar-refractivity contribution in [1.29, 1.82) is 0 Å². The molecule has 0 aliphatic carbocycles. The van der Waals surface area contributed by atoms with Crippen LogP contribution in [0.5, 0.6) is 0 Å². The fourth-order valence-electron chi connectivity index (χ4n) is 1.82. The van der Waals surface area contributed by atoms with Crippen LogP contribution in [-0.4, -0.2) is 17.1 Å². The first kappa shape index (κ1) is 13.7. The van der Waals surface area contributed by atoms with Crippen LogP contribution in [0.4, 0.5) is 4.39 Å². The summed E-state index contributed by atoms with van der Waals surface area (Å²) in [5.74, 6) is -1.02. The number of ether oxygens (including phenoxy) is 1. The third kappa shape index (κ3) is 2.68. The number of rotatable bonds is 3. The van der Waals surface area contributed by atoms with E-state index in [9.17, 15) is 14.0 Å². The first-order valence-electron chi connectivity index (χ1n) is 5.67. The zero-order chi connectivity index (χ0) is 14.0. The molecule has 19 heavy (non-hydrogen) atoms. The molecule has 4 nitrogen and oxygen atoms in total. The van der Waals surface area contributed by atoms with Crippen LogP contribution < -0.4 is 5.56 Å². The lowest BCUT2D eigenvalue weighted by atomic mass is 10.2. The minimum absolute atomic E-state index is 0.159. The van der Waals surface area contributed by atoms with Crippen molar-refractivity contribution < 1.29 is 13.9 Å².